The fourth-order valence-electron chi connectivity index (χ4n) is 2.29. The van der Waals surface area contributed by atoms with Gasteiger partial charge >= 0.3 is 0 Å². The highest BCUT2D eigenvalue weighted by Crippen LogP contribution is 2.20. The van der Waals surface area contributed by atoms with Crippen LogP contribution in [0.1, 0.15) is 31.3 Å². The molecule has 2 amide bonds. The standard InChI is InChI=1S/C15H21N4O2/c1-15(2,3)14(21)19-9-7-18(8-10-19)12-6-4-5-11(17-12)13(16)20/h4,6H,7-10H2,1-3H3,(H2,16,20). The molecule has 0 spiro atoms. The SMILES string of the molecule is CC(C)(C)C(=O)N1CCN(c2cc[c]c(C(N)=O)n2)CC1. The van der Waals surface area contributed by atoms with Crippen LogP contribution in [0.2, 0.25) is 0 Å². The van der Waals surface area contributed by atoms with Crippen LogP contribution in [0.3, 0.4) is 0 Å². The summed E-state index contributed by atoms with van der Waals surface area (Å²) in [5.74, 6) is 0.276. The largest absolute Gasteiger partial charge is 0.364 e. The second-order valence-corrected chi connectivity index (χ2v) is 6.19. The molecule has 0 saturated carbocycles. The van der Waals surface area contributed by atoms with Crippen LogP contribution in [0.15, 0.2) is 12.1 Å². The molecule has 6 heteroatoms. The maximum atomic E-state index is 12.2. The summed E-state index contributed by atoms with van der Waals surface area (Å²) in [6.45, 7) is 8.47. The van der Waals surface area contributed by atoms with Gasteiger partial charge in [-0.2, -0.15) is 0 Å². The third kappa shape index (κ3) is 3.51. The number of carbonyl (C=O) groups excluding carboxylic acids is 2. The Bertz CT molecular complexity index is 543. The fourth-order valence-corrected chi connectivity index (χ4v) is 2.29. The highest BCUT2D eigenvalue weighted by Gasteiger charge is 2.29. The zero-order chi connectivity index (χ0) is 15.6. The smallest absolute Gasteiger partial charge is 0.268 e. The molecular weight excluding hydrogens is 268 g/mol. The van der Waals surface area contributed by atoms with Crippen LogP contribution in [0.4, 0.5) is 5.82 Å². The average Bonchev–Trinajstić information content (AvgIpc) is 2.46. The summed E-state index contributed by atoms with van der Waals surface area (Å²) in [5, 5.41) is 0. The first-order chi connectivity index (χ1) is 9.79. The van der Waals surface area contributed by atoms with E-state index in [1.165, 1.54) is 0 Å². The fraction of sp³-hybridized carbons (Fsp3) is 0.533. The van der Waals surface area contributed by atoms with E-state index in [0.717, 1.165) is 0 Å². The highest BCUT2D eigenvalue weighted by molar-refractivity contribution is 5.90. The molecule has 0 unspecified atom stereocenters. The molecule has 21 heavy (non-hydrogen) atoms. The minimum absolute atomic E-state index is 0.140. The number of hydrogen-bond acceptors (Lipinski definition) is 4. The summed E-state index contributed by atoms with van der Waals surface area (Å²) in [4.78, 5) is 31.5. The molecule has 1 aromatic rings. The van der Waals surface area contributed by atoms with Crippen molar-refractivity contribution < 1.29 is 9.59 Å². The Labute approximate surface area is 124 Å². The third-order valence-electron chi connectivity index (χ3n) is 3.44. The van der Waals surface area contributed by atoms with Crippen molar-refractivity contribution in [1.82, 2.24) is 9.88 Å². The Morgan fingerprint density at radius 2 is 1.86 bits per heavy atom. The molecule has 2 heterocycles. The molecule has 1 saturated heterocycles. The van der Waals surface area contributed by atoms with E-state index in [0.29, 0.717) is 32.0 Å². The number of nitrogens with two attached hydrogens (primary N) is 1. The first kappa shape index (κ1) is 15.3. The van der Waals surface area contributed by atoms with Gasteiger partial charge in [-0.15, -0.1) is 0 Å². The zero-order valence-corrected chi connectivity index (χ0v) is 12.7. The lowest BCUT2D eigenvalue weighted by atomic mass is 9.94. The van der Waals surface area contributed by atoms with Crippen LogP contribution in [0.25, 0.3) is 0 Å². The molecule has 113 valence electrons. The minimum Gasteiger partial charge on any atom is -0.364 e. The van der Waals surface area contributed by atoms with Crippen molar-refractivity contribution in [2.45, 2.75) is 20.8 Å². The quantitative estimate of drug-likeness (QED) is 0.868. The summed E-state index contributed by atoms with van der Waals surface area (Å²) in [6.07, 6.45) is 0. The predicted octanol–water partition coefficient (Wildman–Crippen LogP) is 0.675. The van der Waals surface area contributed by atoms with Gasteiger partial charge in [-0.25, -0.2) is 4.98 Å². The molecule has 0 aliphatic carbocycles. The second-order valence-electron chi connectivity index (χ2n) is 6.19. The van der Waals surface area contributed by atoms with E-state index in [2.05, 4.69) is 11.1 Å². The second kappa shape index (κ2) is 5.71. The summed E-state index contributed by atoms with van der Waals surface area (Å²) < 4.78 is 0. The van der Waals surface area contributed by atoms with Crippen molar-refractivity contribution in [3.63, 3.8) is 0 Å². The Morgan fingerprint density at radius 1 is 1.24 bits per heavy atom. The van der Waals surface area contributed by atoms with Gasteiger partial charge in [0.25, 0.3) is 5.91 Å². The first-order valence-electron chi connectivity index (χ1n) is 7.02. The summed E-state index contributed by atoms with van der Waals surface area (Å²) in [5.41, 5.74) is 5.00. The van der Waals surface area contributed by atoms with Crippen LogP contribution in [-0.2, 0) is 4.79 Å². The number of anilines is 1. The molecule has 2 N–H and O–H groups in total. The summed E-state index contributed by atoms with van der Waals surface area (Å²) >= 11 is 0. The number of rotatable bonds is 2. The van der Waals surface area contributed by atoms with Crippen LogP contribution >= 0.6 is 0 Å². The van der Waals surface area contributed by atoms with Crippen molar-refractivity contribution in [3.05, 3.63) is 23.9 Å². The molecule has 1 aromatic heterocycles. The Hall–Kier alpha value is -2.11. The van der Waals surface area contributed by atoms with Gasteiger partial charge in [0, 0.05) is 37.7 Å². The maximum absolute atomic E-state index is 12.2. The monoisotopic (exact) mass is 289 g/mol. The van der Waals surface area contributed by atoms with Crippen molar-refractivity contribution in [2.24, 2.45) is 11.1 Å². The lowest BCUT2D eigenvalue weighted by Crippen LogP contribution is -2.51. The van der Waals surface area contributed by atoms with Gasteiger partial charge in [-0.3, -0.25) is 9.59 Å². The van der Waals surface area contributed by atoms with Gasteiger partial charge in [0.2, 0.25) is 5.91 Å². The van der Waals surface area contributed by atoms with Crippen LogP contribution in [0, 0.1) is 11.5 Å². The number of hydrogen-bond donors (Lipinski definition) is 1. The lowest BCUT2D eigenvalue weighted by molar-refractivity contribution is -0.139. The topological polar surface area (TPSA) is 79.5 Å². The number of aromatic nitrogens is 1. The van der Waals surface area contributed by atoms with Crippen molar-refractivity contribution in [1.29, 1.82) is 0 Å². The molecule has 1 aliphatic rings. The number of nitrogens with zero attached hydrogens (tertiary/aromatic N) is 3. The van der Waals surface area contributed by atoms with E-state index in [1.807, 2.05) is 30.6 Å². The van der Waals surface area contributed by atoms with Crippen LogP contribution in [-0.4, -0.2) is 47.9 Å². The zero-order valence-electron chi connectivity index (χ0n) is 12.7. The number of piperazine rings is 1. The van der Waals surface area contributed by atoms with Gasteiger partial charge in [0.05, 0.1) is 0 Å². The summed E-state index contributed by atoms with van der Waals surface area (Å²) in [7, 11) is 0. The number of amides is 2. The highest BCUT2D eigenvalue weighted by atomic mass is 16.2. The molecule has 1 radical (unpaired) electrons. The number of primary amides is 1. The van der Waals surface area contributed by atoms with E-state index in [-0.39, 0.29) is 17.0 Å². The van der Waals surface area contributed by atoms with Gasteiger partial charge in [0.15, 0.2) is 0 Å². The molecule has 1 aliphatic heterocycles. The molecule has 2 rings (SSSR count). The van der Waals surface area contributed by atoms with E-state index in [1.54, 1.807) is 12.1 Å². The van der Waals surface area contributed by atoms with Gasteiger partial charge in [-0.1, -0.05) is 20.8 Å². The van der Waals surface area contributed by atoms with Crippen molar-refractivity contribution in [2.75, 3.05) is 31.1 Å². The maximum Gasteiger partial charge on any atom is 0.268 e. The van der Waals surface area contributed by atoms with E-state index in [4.69, 9.17) is 5.73 Å². The van der Waals surface area contributed by atoms with Crippen LogP contribution in [0.5, 0.6) is 0 Å². The molecule has 0 atom stereocenters. The van der Waals surface area contributed by atoms with Gasteiger partial charge in [-0.05, 0) is 12.1 Å². The molecule has 0 aromatic carbocycles. The molecule has 1 fully saturated rings. The summed E-state index contributed by atoms with van der Waals surface area (Å²) in [6, 6.07) is 6.16. The lowest BCUT2D eigenvalue weighted by Gasteiger charge is -2.38. The normalized spacial score (nSPS) is 16.0. The minimum atomic E-state index is -0.585. The van der Waals surface area contributed by atoms with E-state index < -0.39 is 5.91 Å². The average molecular weight is 289 g/mol. The first-order valence-corrected chi connectivity index (χ1v) is 7.02. The molecular formula is C15H21N4O2. The van der Waals surface area contributed by atoms with Crippen molar-refractivity contribution >= 4 is 17.6 Å². The predicted molar refractivity (Wildman–Crippen MR) is 79.8 cm³/mol. The Kier molecular flexibility index (Phi) is 4.16. The van der Waals surface area contributed by atoms with E-state index in [9.17, 15) is 9.59 Å². The molecule has 0 bridgehead atoms. The van der Waals surface area contributed by atoms with Crippen molar-refractivity contribution in [3.8, 4) is 0 Å². The Balaban J connectivity index is 2.03. The number of carbonyl (C=O) groups is 2. The third-order valence-corrected chi connectivity index (χ3v) is 3.44. The van der Waals surface area contributed by atoms with E-state index >= 15 is 0 Å². The van der Waals surface area contributed by atoms with Gasteiger partial charge in [0.1, 0.15) is 11.5 Å². The number of pyridine rings is 1. The molecule has 6 nitrogen and oxygen atoms in total. The van der Waals surface area contributed by atoms with Gasteiger partial charge < -0.3 is 15.5 Å². The Morgan fingerprint density at radius 3 is 2.38 bits per heavy atom. The van der Waals surface area contributed by atoms with Crippen LogP contribution < -0.4 is 10.6 Å².